The summed E-state index contributed by atoms with van der Waals surface area (Å²) >= 11 is 0. The van der Waals surface area contributed by atoms with Crippen LogP contribution < -0.4 is 0 Å². The van der Waals surface area contributed by atoms with Gasteiger partial charge in [0.1, 0.15) is 0 Å². The summed E-state index contributed by atoms with van der Waals surface area (Å²) in [6.07, 6.45) is 12.6. The summed E-state index contributed by atoms with van der Waals surface area (Å²) in [5.74, 6) is 0.376. The van der Waals surface area contributed by atoms with Crippen LogP contribution in [0.2, 0.25) is 0 Å². The van der Waals surface area contributed by atoms with E-state index < -0.39 is 12.2 Å². The van der Waals surface area contributed by atoms with Gasteiger partial charge in [0.05, 0.1) is 31.0 Å². The molecule has 0 amide bonds. The van der Waals surface area contributed by atoms with Crippen molar-refractivity contribution >= 4 is 5.97 Å². The van der Waals surface area contributed by atoms with Crippen molar-refractivity contribution in [3.05, 3.63) is 47.5 Å². The number of esters is 1. The summed E-state index contributed by atoms with van der Waals surface area (Å²) in [7, 11) is 1.37. The maximum Gasteiger partial charge on any atom is 0.337 e. The highest BCUT2D eigenvalue weighted by Crippen LogP contribution is 2.53. The van der Waals surface area contributed by atoms with Gasteiger partial charge < -0.3 is 20.1 Å². The predicted molar refractivity (Wildman–Crippen MR) is 123 cm³/mol. The molecule has 3 aliphatic rings. The van der Waals surface area contributed by atoms with Crippen molar-refractivity contribution < 1.29 is 24.9 Å². The monoisotopic (exact) mass is 442 g/mol. The fourth-order valence-corrected chi connectivity index (χ4v) is 5.85. The number of carbonyl (C=O) groups is 1. The molecule has 1 aromatic rings. The molecule has 0 spiro atoms. The zero-order valence-electron chi connectivity index (χ0n) is 19.2. The van der Waals surface area contributed by atoms with Crippen LogP contribution in [0.4, 0.5) is 0 Å². The van der Waals surface area contributed by atoms with Gasteiger partial charge in [0.2, 0.25) is 0 Å². The molecular weight excluding hydrogens is 404 g/mol. The summed E-state index contributed by atoms with van der Waals surface area (Å²) < 4.78 is 4.74. The Morgan fingerprint density at radius 3 is 2.50 bits per heavy atom. The van der Waals surface area contributed by atoms with E-state index in [1.54, 1.807) is 12.1 Å². The second kappa shape index (κ2) is 10.1. The highest BCUT2D eigenvalue weighted by atomic mass is 16.5. The first-order valence-electron chi connectivity index (χ1n) is 12.3. The van der Waals surface area contributed by atoms with E-state index in [2.05, 4.69) is 0 Å². The average molecular weight is 443 g/mol. The Morgan fingerprint density at radius 2 is 1.91 bits per heavy atom. The van der Waals surface area contributed by atoms with Gasteiger partial charge in [-0.2, -0.15) is 0 Å². The number of hydrogen-bond acceptors (Lipinski definition) is 5. The molecule has 3 aliphatic carbocycles. The first-order chi connectivity index (χ1) is 15.4. The fourth-order valence-electron chi connectivity index (χ4n) is 5.85. The molecule has 0 saturated heterocycles. The molecule has 3 N–H and O–H groups in total. The van der Waals surface area contributed by atoms with E-state index >= 15 is 0 Å². The Morgan fingerprint density at radius 1 is 1.19 bits per heavy atom. The van der Waals surface area contributed by atoms with Crippen molar-refractivity contribution in [2.75, 3.05) is 7.11 Å². The quantitative estimate of drug-likeness (QED) is 0.376. The highest BCUT2D eigenvalue weighted by molar-refractivity contribution is 5.89. The molecule has 0 radical (unpaired) electrons. The molecule has 0 aliphatic heterocycles. The third kappa shape index (κ3) is 5.27. The maximum atomic E-state index is 11.6. The Balaban J connectivity index is 1.32. The van der Waals surface area contributed by atoms with E-state index in [9.17, 15) is 20.1 Å². The molecule has 3 fully saturated rings. The SMILES string of the molecule is COC(=O)c1ccc(CC[C@H]2C(O)CC(O)[C@@H]2/C=C/CC(O)C2(CC3CC3)CCC2)cc1. The minimum Gasteiger partial charge on any atom is -0.465 e. The first-order valence-corrected chi connectivity index (χ1v) is 12.3. The number of ether oxygens (including phenoxy) is 1. The molecule has 0 bridgehead atoms. The number of carbonyl (C=O) groups excluding carboxylic acids is 1. The van der Waals surface area contributed by atoms with Crippen LogP contribution in [-0.2, 0) is 11.2 Å². The molecular formula is C27H38O5. The van der Waals surface area contributed by atoms with Crippen molar-refractivity contribution in [3.8, 4) is 0 Å². The standard InChI is InChI=1S/C27H38O5/c1-32-26(31)20-11-8-18(9-12-20)10-13-22-21(23(28)16-24(22)29)4-2-5-25(30)27(14-3-15-27)17-19-6-7-19/h2,4,8-9,11-12,19,21-25,28-30H,3,5-7,10,13-17H2,1H3/b4-2+/t21-,22-,23?,24?,25?/m1/s1. The van der Waals surface area contributed by atoms with Gasteiger partial charge in [-0.25, -0.2) is 4.79 Å². The molecule has 5 nitrogen and oxygen atoms in total. The minimum absolute atomic E-state index is 0.0113. The van der Waals surface area contributed by atoms with Crippen LogP contribution in [0.25, 0.3) is 0 Å². The number of aliphatic hydroxyl groups is 3. The molecule has 32 heavy (non-hydrogen) atoms. The Labute approximate surface area is 191 Å². The molecule has 3 unspecified atom stereocenters. The minimum atomic E-state index is -0.547. The van der Waals surface area contributed by atoms with E-state index in [0.717, 1.165) is 37.2 Å². The second-order valence-electron chi connectivity index (χ2n) is 10.4. The number of rotatable bonds is 10. The third-order valence-electron chi connectivity index (χ3n) is 8.22. The molecule has 1 aromatic carbocycles. The van der Waals surface area contributed by atoms with Crippen molar-refractivity contribution in [1.82, 2.24) is 0 Å². The molecule has 0 heterocycles. The largest absolute Gasteiger partial charge is 0.465 e. The predicted octanol–water partition coefficient (Wildman–Crippen LogP) is 4.04. The summed E-state index contributed by atoms with van der Waals surface area (Å²) in [5, 5.41) is 32.0. The van der Waals surface area contributed by atoms with Crippen LogP contribution in [0.3, 0.4) is 0 Å². The average Bonchev–Trinajstić information content (AvgIpc) is 3.54. The number of aryl methyl sites for hydroxylation is 1. The smallest absolute Gasteiger partial charge is 0.337 e. The van der Waals surface area contributed by atoms with E-state index in [1.165, 1.54) is 32.8 Å². The topological polar surface area (TPSA) is 87.0 Å². The van der Waals surface area contributed by atoms with Crippen molar-refractivity contribution in [2.24, 2.45) is 23.2 Å². The zero-order chi connectivity index (χ0) is 22.7. The van der Waals surface area contributed by atoms with Crippen LogP contribution in [-0.4, -0.2) is 46.7 Å². The lowest BCUT2D eigenvalue weighted by Crippen LogP contribution is -2.41. The number of hydrogen-bond donors (Lipinski definition) is 3. The van der Waals surface area contributed by atoms with Crippen LogP contribution in [0.15, 0.2) is 36.4 Å². The van der Waals surface area contributed by atoms with Crippen LogP contribution >= 0.6 is 0 Å². The van der Waals surface area contributed by atoms with Gasteiger partial charge in [-0.3, -0.25) is 0 Å². The summed E-state index contributed by atoms with van der Waals surface area (Å²) in [6, 6.07) is 7.36. The van der Waals surface area contributed by atoms with Gasteiger partial charge in [-0.1, -0.05) is 43.5 Å². The van der Waals surface area contributed by atoms with Gasteiger partial charge >= 0.3 is 5.97 Å². The number of methoxy groups -OCH3 is 1. The van der Waals surface area contributed by atoms with Crippen LogP contribution in [0.5, 0.6) is 0 Å². The molecule has 5 heteroatoms. The van der Waals surface area contributed by atoms with Crippen molar-refractivity contribution in [1.29, 1.82) is 0 Å². The van der Waals surface area contributed by atoms with Gasteiger partial charge in [0, 0.05) is 12.3 Å². The van der Waals surface area contributed by atoms with E-state index in [1.807, 2.05) is 24.3 Å². The van der Waals surface area contributed by atoms with Gasteiger partial charge in [0.15, 0.2) is 0 Å². The van der Waals surface area contributed by atoms with E-state index in [-0.39, 0.29) is 29.3 Å². The second-order valence-corrected chi connectivity index (χ2v) is 10.4. The van der Waals surface area contributed by atoms with E-state index in [4.69, 9.17) is 4.74 Å². The third-order valence-corrected chi connectivity index (χ3v) is 8.22. The Hall–Kier alpha value is -1.69. The number of benzene rings is 1. The van der Waals surface area contributed by atoms with Gasteiger partial charge in [-0.15, -0.1) is 0 Å². The van der Waals surface area contributed by atoms with E-state index in [0.29, 0.717) is 18.4 Å². The Bertz CT molecular complexity index is 793. The number of aliphatic hydroxyl groups excluding tert-OH is 3. The molecule has 0 aromatic heterocycles. The maximum absolute atomic E-state index is 11.6. The Kier molecular flexibility index (Phi) is 7.38. The zero-order valence-corrected chi connectivity index (χ0v) is 19.2. The lowest BCUT2D eigenvalue weighted by molar-refractivity contribution is -0.0430. The molecule has 176 valence electrons. The van der Waals surface area contributed by atoms with Crippen molar-refractivity contribution in [3.63, 3.8) is 0 Å². The molecule has 5 atom stereocenters. The summed E-state index contributed by atoms with van der Waals surface area (Å²) in [4.78, 5) is 11.6. The van der Waals surface area contributed by atoms with Crippen molar-refractivity contribution in [2.45, 2.75) is 82.5 Å². The normalized spacial score (nSPS) is 30.2. The lowest BCUT2D eigenvalue weighted by Gasteiger charge is -2.46. The summed E-state index contributed by atoms with van der Waals surface area (Å²) in [6.45, 7) is 0. The summed E-state index contributed by atoms with van der Waals surface area (Å²) in [5.41, 5.74) is 1.74. The first kappa shape index (κ1) is 23.5. The highest BCUT2D eigenvalue weighted by Gasteiger charge is 2.46. The van der Waals surface area contributed by atoms with Gasteiger partial charge in [-0.05, 0) is 73.5 Å². The molecule has 4 rings (SSSR count). The van der Waals surface area contributed by atoms with Crippen LogP contribution in [0, 0.1) is 23.2 Å². The van der Waals surface area contributed by atoms with Crippen LogP contribution in [0.1, 0.15) is 73.7 Å². The molecule has 3 saturated carbocycles. The fraction of sp³-hybridized carbons (Fsp3) is 0.667. The lowest BCUT2D eigenvalue weighted by atomic mass is 9.61. The van der Waals surface area contributed by atoms with Gasteiger partial charge in [0.25, 0.3) is 0 Å².